The Morgan fingerprint density at radius 3 is 2.67 bits per heavy atom. The fraction of sp³-hybridized carbons (Fsp3) is 0.571. The molecule has 2 saturated carbocycles. The van der Waals surface area contributed by atoms with Crippen LogP contribution in [0.5, 0.6) is 0 Å². The van der Waals surface area contributed by atoms with Crippen LogP contribution in [0.2, 0.25) is 0 Å². The molecule has 24 heavy (non-hydrogen) atoms. The number of nitrogens with one attached hydrogen (secondary N) is 1. The first-order valence-electron chi connectivity index (χ1n) is 9.28. The average molecular weight is 325 g/mol. The summed E-state index contributed by atoms with van der Waals surface area (Å²) in [6.07, 6.45) is 5.68. The van der Waals surface area contributed by atoms with Crippen molar-refractivity contribution in [2.24, 2.45) is 17.8 Å². The van der Waals surface area contributed by atoms with Crippen molar-refractivity contribution in [2.75, 3.05) is 0 Å². The Labute approximate surface area is 143 Å². The van der Waals surface area contributed by atoms with Gasteiger partial charge in [0.1, 0.15) is 5.58 Å². The number of rotatable bonds is 4. The Hall–Kier alpha value is -1.61. The van der Waals surface area contributed by atoms with Crippen molar-refractivity contribution >= 4 is 11.0 Å². The Morgan fingerprint density at radius 1 is 1.17 bits per heavy atom. The summed E-state index contributed by atoms with van der Waals surface area (Å²) in [6.45, 7) is 7.21. The van der Waals surface area contributed by atoms with E-state index < -0.39 is 0 Å². The minimum absolute atomic E-state index is 0.255. The van der Waals surface area contributed by atoms with Gasteiger partial charge in [-0.3, -0.25) is 0 Å². The van der Waals surface area contributed by atoms with Gasteiger partial charge in [-0.25, -0.2) is 4.79 Å². The molecule has 0 radical (unpaired) electrons. The van der Waals surface area contributed by atoms with Gasteiger partial charge in [-0.2, -0.15) is 0 Å². The molecule has 2 aliphatic rings. The second-order valence-electron chi connectivity index (χ2n) is 8.03. The minimum atomic E-state index is -0.255. The maximum absolute atomic E-state index is 11.9. The lowest BCUT2D eigenvalue weighted by Gasteiger charge is -2.28. The summed E-state index contributed by atoms with van der Waals surface area (Å²) in [6, 6.07) is 6.29. The molecular formula is C21H27NO2. The molecule has 0 saturated heterocycles. The Kier molecular flexibility index (Phi) is 4.00. The van der Waals surface area contributed by atoms with E-state index in [1.54, 1.807) is 6.07 Å². The van der Waals surface area contributed by atoms with Crippen LogP contribution in [0.15, 0.2) is 27.4 Å². The van der Waals surface area contributed by atoms with E-state index in [2.05, 4.69) is 32.2 Å². The Morgan fingerprint density at radius 2 is 1.96 bits per heavy atom. The third-order valence-electron chi connectivity index (χ3n) is 6.49. The van der Waals surface area contributed by atoms with Gasteiger partial charge in [0, 0.05) is 24.0 Å². The third-order valence-corrected chi connectivity index (χ3v) is 6.49. The standard InChI is InChI=1S/C21H27NO2/c1-12-6-19-17(10-21(23)24-20(19)7-13(12)2)11-22-14(3)18-9-15-4-5-16(18)8-15/h6-7,10,14-16,18,22H,4-5,8-9,11H2,1-3H3/t14-,15+,16+,18+/m1/s1. The van der Waals surface area contributed by atoms with E-state index in [4.69, 9.17) is 4.42 Å². The summed E-state index contributed by atoms with van der Waals surface area (Å²) in [5.74, 6) is 2.69. The van der Waals surface area contributed by atoms with Gasteiger partial charge in [0.15, 0.2) is 0 Å². The van der Waals surface area contributed by atoms with Gasteiger partial charge in [0.2, 0.25) is 0 Å². The molecule has 0 unspecified atom stereocenters. The largest absolute Gasteiger partial charge is 0.423 e. The van der Waals surface area contributed by atoms with Crippen molar-refractivity contribution in [1.82, 2.24) is 5.32 Å². The number of hydrogen-bond donors (Lipinski definition) is 1. The molecular weight excluding hydrogens is 298 g/mol. The highest BCUT2D eigenvalue weighted by Gasteiger charge is 2.41. The SMILES string of the molecule is Cc1cc2oc(=O)cc(CN[C@H](C)[C@@H]3C[C@H]4CC[C@H]3C4)c2cc1C. The van der Waals surface area contributed by atoms with Gasteiger partial charge < -0.3 is 9.73 Å². The van der Waals surface area contributed by atoms with Crippen LogP contribution < -0.4 is 10.9 Å². The van der Waals surface area contributed by atoms with Crippen LogP contribution in [0.4, 0.5) is 0 Å². The fourth-order valence-corrected chi connectivity index (χ4v) is 4.96. The van der Waals surface area contributed by atoms with Crippen molar-refractivity contribution in [3.63, 3.8) is 0 Å². The van der Waals surface area contributed by atoms with Gasteiger partial charge in [-0.1, -0.05) is 6.42 Å². The van der Waals surface area contributed by atoms with Crippen molar-refractivity contribution in [2.45, 2.75) is 59.0 Å². The van der Waals surface area contributed by atoms with Crippen molar-refractivity contribution in [3.05, 3.63) is 45.3 Å². The second-order valence-corrected chi connectivity index (χ2v) is 8.03. The normalized spacial score (nSPS) is 27.0. The molecule has 1 heterocycles. The topological polar surface area (TPSA) is 42.2 Å². The summed E-state index contributed by atoms with van der Waals surface area (Å²) >= 11 is 0. The summed E-state index contributed by atoms with van der Waals surface area (Å²) in [4.78, 5) is 11.9. The van der Waals surface area contributed by atoms with Crippen molar-refractivity contribution in [3.8, 4) is 0 Å². The molecule has 2 aromatic rings. The van der Waals surface area contributed by atoms with Crippen molar-refractivity contribution in [1.29, 1.82) is 0 Å². The Balaban J connectivity index is 1.56. The van der Waals surface area contributed by atoms with Crippen LogP contribution in [-0.4, -0.2) is 6.04 Å². The van der Waals surface area contributed by atoms with E-state index in [0.29, 0.717) is 11.6 Å². The summed E-state index contributed by atoms with van der Waals surface area (Å²) < 4.78 is 5.40. The second kappa shape index (κ2) is 6.03. The van der Waals surface area contributed by atoms with Crippen LogP contribution >= 0.6 is 0 Å². The van der Waals surface area contributed by atoms with E-state index >= 15 is 0 Å². The molecule has 1 aromatic heterocycles. The van der Waals surface area contributed by atoms with E-state index in [-0.39, 0.29) is 5.63 Å². The van der Waals surface area contributed by atoms with Crippen LogP contribution in [0, 0.1) is 31.6 Å². The highest BCUT2D eigenvalue weighted by Crippen LogP contribution is 2.49. The zero-order valence-electron chi connectivity index (χ0n) is 14.9. The van der Waals surface area contributed by atoms with Crippen molar-refractivity contribution < 1.29 is 4.42 Å². The molecule has 4 atom stereocenters. The smallest absolute Gasteiger partial charge is 0.336 e. The van der Waals surface area contributed by atoms with Gasteiger partial charge in [-0.05, 0) is 86.6 Å². The zero-order chi connectivity index (χ0) is 16.8. The molecule has 4 rings (SSSR count). The highest BCUT2D eigenvalue weighted by molar-refractivity contribution is 5.81. The summed E-state index contributed by atoms with van der Waals surface area (Å²) in [5.41, 5.74) is 3.90. The first-order valence-corrected chi connectivity index (χ1v) is 9.28. The molecule has 2 fully saturated rings. The molecule has 1 N–H and O–H groups in total. The first-order chi connectivity index (χ1) is 11.5. The quantitative estimate of drug-likeness (QED) is 0.851. The molecule has 3 heteroatoms. The Bertz CT molecular complexity index is 822. The zero-order valence-corrected chi connectivity index (χ0v) is 14.9. The monoisotopic (exact) mass is 325 g/mol. The molecule has 2 aliphatic carbocycles. The van der Waals surface area contributed by atoms with Crippen LogP contribution in [0.3, 0.4) is 0 Å². The molecule has 0 aliphatic heterocycles. The van der Waals surface area contributed by atoms with Gasteiger partial charge in [0.05, 0.1) is 0 Å². The lowest BCUT2D eigenvalue weighted by atomic mass is 9.84. The molecule has 128 valence electrons. The van der Waals surface area contributed by atoms with E-state index in [1.807, 2.05) is 6.07 Å². The predicted molar refractivity (Wildman–Crippen MR) is 97.2 cm³/mol. The van der Waals surface area contributed by atoms with Crippen LogP contribution in [0.25, 0.3) is 11.0 Å². The van der Waals surface area contributed by atoms with E-state index in [9.17, 15) is 4.79 Å². The van der Waals surface area contributed by atoms with Crippen LogP contribution in [0.1, 0.15) is 49.3 Å². The van der Waals surface area contributed by atoms with Gasteiger partial charge >= 0.3 is 5.63 Å². The number of fused-ring (bicyclic) bond motifs is 3. The third kappa shape index (κ3) is 2.79. The first kappa shape index (κ1) is 15.9. The van der Waals surface area contributed by atoms with Gasteiger partial charge in [0.25, 0.3) is 0 Å². The van der Waals surface area contributed by atoms with E-state index in [1.165, 1.54) is 31.2 Å². The maximum Gasteiger partial charge on any atom is 0.336 e. The summed E-state index contributed by atoms with van der Waals surface area (Å²) in [5, 5.41) is 4.76. The number of benzene rings is 1. The number of hydrogen-bond acceptors (Lipinski definition) is 3. The van der Waals surface area contributed by atoms with Crippen LogP contribution in [-0.2, 0) is 6.54 Å². The average Bonchev–Trinajstić information content (AvgIpc) is 3.17. The highest BCUT2D eigenvalue weighted by atomic mass is 16.4. The number of aryl methyl sites for hydroxylation is 2. The predicted octanol–water partition coefficient (Wildman–Crippen LogP) is 4.32. The maximum atomic E-state index is 11.9. The molecule has 1 aromatic carbocycles. The fourth-order valence-electron chi connectivity index (χ4n) is 4.96. The molecule has 0 spiro atoms. The molecule has 2 bridgehead atoms. The molecule has 3 nitrogen and oxygen atoms in total. The molecule has 0 amide bonds. The lowest BCUT2D eigenvalue weighted by molar-refractivity contribution is 0.259. The summed E-state index contributed by atoms with van der Waals surface area (Å²) in [7, 11) is 0. The van der Waals surface area contributed by atoms with Gasteiger partial charge in [-0.15, -0.1) is 0 Å². The van der Waals surface area contributed by atoms with E-state index in [0.717, 1.165) is 40.8 Å². The minimum Gasteiger partial charge on any atom is -0.423 e. The lowest BCUT2D eigenvalue weighted by Crippen LogP contribution is -2.36.